The highest BCUT2D eigenvalue weighted by Gasteiger charge is 2.36. The first-order valence-electron chi connectivity index (χ1n) is 7.50. The molecule has 3 rings (SSSR count). The lowest BCUT2D eigenvalue weighted by molar-refractivity contribution is -0.142. The number of methoxy groups -OCH3 is 1. The van der Waals surface area contributed by atoms with Crippen LogP contribution in [0.25, 0.3) is 0 Å². The number of anilines is 1. The van der Waals surface area contributed by atoms with Crippen LogP contribution in [0.4, 0.5) is 18.9 Å². The maximum atomic E-state index is 12.8. The van der Waals surface area contributed by atoms with Gasteiger partial charge in [-0.3, -0.25) is 4.79 Å². The van der Waals surface area contributed by atoms with E-state index in [1.165, 1.54) is 13.2 Å². The number of ether oxygens (including phenoxy) is 1. The molecule has 6 heteroatoms. The molecule has 1 aliphatic rings. The van der Waals surface area contributed by atoms with Crippen molar-refractivity contribution in [2.45, 2.75) is 24.6 Å². The third-order valence-corrected chi connectivity index (χ3v) is 4.23. The second-order valence-electron chi connectivity index (χ2n) is 5.72. The van der Waals surface area contributed by atoms with Crippen molar-refractivity contribution in [1.82, 2.24) is 0 Å². The number of carbonyl (C=O) groups is 1. The van der Waals surface area contributed by atoms with E-state index in [0.29, 0.717) is 12.1 Å². The van der Waals surface area contributed by atoms with Crippen molar-refractivity contribution in [3.63, 3.8) is 0 Å². The molecule has 0 radical (unpaired) electrons. The van der Waals surface area contributed by atoms with Gasteiger partial charge in [0, 0.05) is 5.69 Å². The van der Waals surface area contributed by atoms with Crippen molar-refractivity contribution in [2.24, 2.45) is 0 Å². The SMILES string of the molecule is COC(=O)C1CC(Nc2cccc(C(F)(F)F)c2)c2ccccc21. The molecule has 2 aromatic rings. The highest BCUT2D eigenvalue weighted by atomic mass is 19.4. The van der Waals surface area contributed by atoms with Crippen molar-refractivity contribution in [3.8, 4) is 0 Å². The van der Waals surface area contributed by atoms with Crippen LogP contribution in [0.2, 0.25) is 0 Å². The molecule has 3 nitrogen and oxygen atoms in total. The minimum Gasteiger partial charge on any atom is -0.469 e. The predicted octanol–water partition coefficient (Wildman–Crippen LogP) is 4.52. The summed E-state index contributed by atoms with van der Waals surface area (Å²) in [7, 11) is 1.33. The fourth-order valence-electron chi connectivity index (χ4n) is 3.12. The van der Waals surface area contributed by atoms with Gasteiger partial charge in [-0.05, 0) is 35.7 Å². The third kappa shape index (κ3) is 3.09. The van der Waals surface area contributed by atoms with E-state index in [1.54, 1.807) is 6.07 Å². The van der Waals surface area contributed by atoms with Crippen LogP contribution in [0.3, 0.4) is 0 Å². The Balaban J connectivity index is 1.88. The van der Waals surface area contributed by atoms with E-state index in [2.05, 4.69) is 5.32 Å². The van der Waals surface area contributed by atoms with E-state index in [9.17, 15) is 18.0 Å². The summed E-state index contributed by atoms with van der Waals surface area (Å²) in [4.78, 5) is 12.0. The molecule has 0 aliphatic heterocycles. The van der Waals surface area contributed by atoms with E-state index in [4.69, 9.17) is 4.74 Å². The van der Waals surface area contributed by atoms with Crippen LogP contribution in [0.15, 0.2) is 48.5 Å². The maximum absolute atomic E-state index is 12.8. The first-order valence-corrected chi connectivity index (χ1v) is 7.50. The number of halogens is 3. The molecular weight excluding hydrogens is 319 g/mol. The van der Waals surface area contributed by atoms with Crippen molar-refractivity contribution in [1.29, 1.82) is 0 Å². The fourth-order valence-corrected chi connectivity index (χ4v) is 3.12. The van der Waals surface area contributed by atoms with Gasteiger partial charge in [0.15, 0.2) is 0 Å². The second-order valence-corrected chi connectivity index (χ2v) is 5.72. The molecule has 0 saturated carbocycles. The lowest BCUT2D eigenvalue weighted by Crippen LogP contribution is -2.13. The highest BCUT2D eigenvalue weighted by molar-refractivity contribution is 5.80. The summed E-state index contributed by atoms with van der Waals surface area (Å²) in [6.45, 7) is 0. The average molecular weight is 335 g/mol. The van der Waals surface area contributed by atoms with Gasteiger partial charge >= 0.3 is 12.1 Å². The Bertz CT molecular complexity index is 758. The van der Waals surface area contributed by atoms with Gasteiger partial charge in [0.2, 0.25) is 0 Å². The van der Waals surface area contributed by atoms with Crippen LogP contribution in [-0.2, 0) is 15.7 Å². The summed E-state index contributed by atoms with van der Waals surface area (Å²) in [5, 5.41) is 3.11. The summed E-state index contributed by atoms with van der Waals surface area (Å²) in [6.07, 6.45) is -3.94. The molecule has 1 aliphatic carbocycles. The van der Waals surface area contributed by atoms with Crippen LogP contribution in [0.1, 0.15) is 35.1 Å². The Kier molecular flexibility index (Phi) is 4.22. The van der Waals surface area contributed by atoms with Gasteiger partial charge in [-0.2, -0.15) is 13.2 Å². The number of rotatable bonds is 3. The number of nitrogens with one attached hydrogen (secondary N) is 1. The number of alkyl halides is 3. The summed E-state index contributed by atoms with van der Waals surface area (Å²) in [5.41, 5.74) is 1.43. The van der Waals surface area contributed by atoms with Crippen molar-refractivity contribution < 1.29 is 22.7 Å². The largest absolute Gasteiger partial charge is 0.469 e. The number of esters is 1. The molecule has 0 bridgehead atoms. The van der Waals surface area contributed by atoms with E-state index < -0.39 is 17.7 Å². The molecule has 0 spiro atoms. The van der Waals surface area contributed by atoms with Gasteiger partial charge in [-0.1, -0.05) is 30.3 Å². The Morgan fingerprint density at radius 3 is 2.50 bits per heavy atom. The summed E-state index contributed by atoms with van der Waals surface area (Å²) in [5.74, 6) is -0.745. The zero-order chi connectivity index (χ0) is 17.3. The molecule has 2 unspecified atom stereocenters. The number of carbonyl (C=O) groups excluding carboxylic acids is 1. The van der Waals surface area contributed by atoms with E-state index in [1.807, 2.05) is 24.3 Å². The van der Waals surface area contributed by atoms with Gasteiger partial charge in [-0.25, -0.2) is 0 Å². The zero-order valence-corrected chi connectivity index (χ0v) is 12.9. The summed E-state index contributed by atoms with van der Waals surface area (Å²) in [6, 6.07) is 12.2. The van der Waals surface area contributed by atoms with E-state index in [0.717, 1.165) is 23.3 Å². The standard InChI is InChI=1S/C18H16F3NO2/c1-24-17(23)15-10-16(14-8-3-2-7-13(14)15)22-12-6-4-5-11(9-12)18(19,20)21/h2-9,15-16,22H,10H2,1H3. The first-order chi connectivity index (χ1) is 11.4. The molecule has 1 N–H and O–H groups in total. The molecule has 2 atom stereocenters. The van der Waals surface area contributed by atoms with Crippen LogP contribution in [-0.4, -0.2) is 13.1 Å². The van der Waals surface area contributed by atoms with Crippen molar-refractivity contribution in [3.05, 3.63) is 65.2 Å². The van der Waals surface area contributed by atoms with Crippen LogP contribution >= 0.6 is 0 Å². The molecule has 24 heavy (non-hydrogen) atoms. The second kappa shape index (κ2) is 6.19. The normalized spacial score (nSPS) is 19.7. The van der Waals surface area contributed by atoms with Gasteiger partial charge in [0.1, 0.15) is 0 Å². The zero-order valence-electron chi connectivity index (χ0n) is 12.9. The first kappa shape index (κ1) is 16.4. The average Bonchev–Trinajstić information content (AvgIpc) is 2.92. The molecule has 0 heterocycles. The van der Waals surface area contributed by atoms with Gasteiger partial charge in [-0.15, -0.1) is 0 Å². The Hall–Kier alpha value is -2.50. The minimum atomic E-state index is -4.39. The number of hydrogen-bond donors (Lipinski definition) is 1. The summed E-state index contributed by atoms with van der Waals surface area (Å²) < 4.78 is 43.4. The van der Waals surface area contributed by atoms with Crippen molar-refractivity contribution >= 4 is 11.7 Å². The molecule has 2 aromatic carbocycles. The Labute approximate surface area is 137 Å². The molecule has 0 aromatic heterocycles. The number of hydrogen-bond acceptors (Lipinski definition) is 3. The monoisotopic (exact) mass is 335 g/mol. The Morgan fingerprint density at radius 2 is 1.83 bits per heavy atom. The lowest BCUT2D eigenvalue weighted by atomic mass is 10.0. The number of fused-ring (bicyclic) bond motifs is 1. The molecule has 0 amide bonds. The maximum Gasteiger partial charge on any atom is 0.416 e. The molecule has 126 valence electrons. The fraction of sp³-hybridized carbons (Fsp3) is 0.278. The lowest BCUT2D eigenvalue weighted by Gasteiger charge is -2.17. The highest BCUT2D eigenvalue weighted by Crippen LogP contribution is 2.42. The third-order valence-electron chi connectivity index (χ3n) is 4.23. The van der Waals surface area contributed by atoms with Gasteiger partial charge in [0.25, 0.3) is 0 Å². The minimum absolute atomic E-state index is 0.242. The smallest absolute Gasteiger partial charge is 0.416 e. The van der Waals surface area contributed by atoms with Gasteiger partial charge < -0.3 is 10.1 Å². The van der Waals surface area contributed by atoms with Crippen molar-refractivity contribution in [2.75, 3.05) is 12.4 Å². The summed E-state index contributed by atoms with van der Waals surface area (Å²) >= 11 is 0. The molecule has 0 saturated heterocycles. The quantitative estimate of drug-likeness (QED) is 0.838. The van der Waals surface area contributed by atoms with Crippen LogP contribution in [0, 0.1) is 0 Å². The van der Waals surface area contributed by atoms with Crippen LogP contribution < -0.4 is 5.32 Å². The van der Waals surface area contributed by atoms with E-state index in [-0.39, 0.29) is 12.0 Å². The van der Waals surface area contributed by atoms with E-state index >= 15 is 0 Å². The topological polar surface area (TPSA) is 38.3 Å². The number of benzene rings is 2. The molecule has 0 fully saturated rings. The molecular formula is C18H16F3NO2. The van der Waals surface area contributed by atoms with Crippen LogP contribution in [0.5, 0.6) is 0 Å². The Morgan fingerprint density at radius 1 is 1.12 bits per heavy atom. The van der Waals surface area contributed by atoms with Gasteiger partial charge in [0.05, 0.1) is 24.6 Å². The predicted molar refractivity (Wildman–Crippen MR) is 83.6 cm³/mol.